The molecule has 2 saturated heterocycles. The van der Waals surface area contributed by atoms with E-state index in [1.54, 1.807) is 6.20 Å². The summed E-state index contributed by atoms with van der Waals surface area (Å²) in [5.74, 6) is 2.31. The van der Waals surface area contributed by atoms with Crippen LogP contribution in [0.15, 0.2) is 60.9 Å². The Bertz CT molecular complexity index is 1340. The smallest absolute Gasteiger partial charge is 0.177 e. The predicted molar refractivity (Wildman–Crippen MR) is 145 cm³/mol. The summed E-state index contributed by atoms with van der Waals surface area (Å²) in [5, 5.41) is 11.8. The van der Waals surface area contributed by atoms with Gasteiger partial charge in [-0.1, -0.05) is 24.3 Å². The van der Waals surface area contributed by atoms with Gasteiger partial charge in [0.25, 0.3) is 0 Å². The second-order valence-corrected chi connectivity index (χ2v) is 10.1. The molecule has 2 aliphatic rings. The Morgan fingerprint density at radius 1 is 1.08 bits per heavy atom. The number of hydrogen-bond acceptors (Lipinski definition) is 7. The first kappa shape index (κ1) is 22.9. The van der Waals surface area contributed by atoms with Crippen molar-refractivity contribution in [2.45, 2.75) is 44.7 Å². The van der Waals surface area contributed by atoms with E-state index < -0.39 is 0 Å². The standard InChI is InChI=1S/C28H34N8/c1-19-5-4-15-35(19)26-9-3-8-25(33-26)32-24-18-23(34-36-16-14-31-28(24)36)21-6-2-7-22(17-21)27(29)20-10-12-30-13-11-20/h2-3,6-9,14,16-20,27,30H,4-5,10-13,15,29H2,1H3,(H,32,33). The molecule has 0 radical (unpaired) electrons. The molecule has 8 nitrogen and oxygen atoms in total. The summed E-state index contributed by atoms with van der Waals surface area (Å²) in [6.07, 6.45) is 8.30. The van der Waals surface area contributed by atoms with Gasteiger partial charge in [-0.05, 0) is 81.4 Å². The summed E-state index contributed by atoms with van der Waals surface area (Å²) in [4.78, 5) is 11.8. The Hall–Kier alpha value is -3.49. The molecule has 3 aromatic heterocycles. The third kappa shape index (κ3) is 4.54. The second kappa shape index (κ2) is 9.87. The third-order valence-corrected chi connectivity index (χ3v) is 7.66. The van der Waals surface area contributed by atoms with Crippen LogP contribution in [0, 0.1) is 5.92 Å². The van der Waals surface area contributed by atoms with Crippen LogP contribution in [0.4, 0.5) is 17.3 Å². The molecular formula is C28H34N8. The molecule has 4 aromatic rings. The van der Waals surface area contributed by atoms with Crippen molar-refractivity contribution in [3.05, 3.63) is 66.5 Å². The van der Waals surface area contributed by atoms with Crippen LogP contribution in [-0.4, -0.2) is 45.3 Å². The van der Waals surface area contributed by atoms with Gasteiger partial charge in [0.05, 0.1) is 11.4 Å². The number of benzene rings is 1. The first-order valence-electron chi connectivity index (χ1n) is 13.1. The molecule has 2 fully saturated rings. The summed E-state index contributed by atoms with van der Waals surface area (Å²) in [6, 6.07) is 17.3. The Morgan fingerprint density at radius 2 is 1.94 bits per heavy atom. The quantitative estimate of drug-likeness (QED) is 0.372. The largest absolute Gasteiger partial charge is 0.354 e. The van der Waals surface area contributed by atoms with E-state index in [1.165, 1.54) is 12.8 Å². The van der Waals surface area contributed by atoms with E-state index in [9.17, 15) is 0 Å². The van der Waals surface area contributed by atoms with Gasteiger partial charge in [-0.25, -0.2) is 14.5 Å². The second-order valence-electron chi connectivity index (χ2n) is 10.1. The minimum atomic E-state index is 0.0292. The summed E-state index contributed by atoms with van der Waals surface area (Å²) in [6.45, 7) is 5.40. The molecule has 0 saturated carbocycles. The number of piperidine rings is 1. The van der Waals surface area contributed by atoms with Crippen molar-refractivity contribution in [3.63, 3.8) is 0 Å². The summed E-state index contributed by atoms with van der Waals surface area (Å²) >= 11 is 0. The van der Waals surface area contributed by atoms with Gasteiger partial charge < -0.3 is 21.3 Å². The van der Waals surface area contributed by atoms with Gasteiger partial charge in [0, 0.05) is 36.6 Å². The van der Waals surface area contributed by atoms with Crippen LogP contribution in [0.2, 0.25) is 0 Å². The van der Waals surface area contributed by atoms with E-state index in [-0.39, 0.29) is 6.04 Å². The maximum absolute atomic E-state index is 6.71. The lowest BCUT2D eigenvalue weighted by Crippen LogP contribution is -2.33. The normalized spacial score (nSPS) is 19.6. The zero-order chi connectivity index (χ0) is 24.5. The van der Waals surface area contributed by atoms with Crippen molar-refractivity contribution in [1.29, 1.82) is 0 Å². The highest BCUT2D eigenvalue weighted by molar-refractivity contribution is 5.77. The van der Waals surface area contributed by atoms with E-state index in [1.807, 2.05) is 16.8 Å². The number of imidazole rings is 1. The Balaban J connectivity index is 1.31. The summed E-state index contributed by atoms with van der Waals surface area (Å²) in [7, 11) is 0. The molecule has 2 aliphatic heterocycles. The molecule has 2 unspecified atom stereocenters. The van der Waals surface area contributed by atoms with E-state index in [4.69, 9.17) is 15.8 Å². The predicted octanol–water partition coefficient (Wildman–Crippen LogP) is 4.52. The lowest BCUT2D eigenvalue weighted by molar-refractivity contribution is 0.322. The van der Waals surface area contributed by atoms with E-state index >= 15 is 0 Å². The zero-order valence-corrected chi connectivity index (χ0v) is 20.8. The molecule has 1 aromatic carbocycles. The molecule has 6 rings (SSSR count). The van der Waals surface area contributed by atoms with E-state index in [0.717, 1.165) is 72.3 Å². The fraction of sp³-hybridized carbons (Fsp3) is 0.393. The maximum atomic E-state index is 6.71. The van der Waals surface area contributed by atoms with Crippen molar-refractivity contribution >= 4 is 23.0 Å². The lowest BCUT2D eigenvalue weighted by atomic mass is 9.86. The van der Waals surface area contributed by atoms with E-state index in [0.29, 0.717) is 12.0 Å². The van der Waals surface area contributed by atoms with Crippen molar-refractivity contribution in [2.75, 3.05) is 29.9 Å². The van der Waals surface area contributed by atoms with Gasteiger partial charge in [0.2, 0.25) is 0 Å². The van der Waals surface area contributed by atoms with Gasteiger partial charge in [-0.2, -0.15) is 5.10 Å². The van der Waals surface area contributed by atoms with Crippen LogP contribution in [0.25, 0.3) is 16.9 Å². The Kier molecular flexibility index (Phi) is 6.29. The number of nitrogens with two attached hydrogens (primary N) is 1. The first-order chi connectivity index (χ1) is 17.7. The van der Waals surface area contributed by atoms with Crippen LogP contribution in [0.3, 0.4) is 0 Å². The van der Waals surface area contributed by atoms with Crippen LogP contribution in [0.1, 0.15) is 44.2 Å². The molecule has 4 N–H and O–H groups in total. The van der Waals surface area contributed by atoms with Gasteiger partial charge in [-0.15, -0.1) is 0 Å². The molecule has 5 heterocycles. The number of pyridine rings is 1. The third-order valence-electron chi connectivity index (χ3n) is 7.66. The van der Waals surface area contributed by atoms with Crippen molar-refractivity contribution < 1.29 is 0 Å². The molecule has 0 bridgehead atoms. The molecule has 2 atom stereocenters. The Morgan fingerprint density at radius 3 is 2.78 bits per heavy atom. The lowest BCUT2D eigenvalue weighted by Gasteiger charge is -2.28. The fourth-order valence-corrected chi connectivity index (χ4v) is 5.60. The number of aromatic nitrogens is 4. The average Bonchev–Trinajstić information content (AvgIpc) is 3.58. The van der Waals surface area contributed by atoms with Gasteiger partial charge in [0.1, 0.15) is 11.6 Å². The topological polar surface area (TPSA) is 96.4 Å². The van der Waals surface area contributed by atoms with Crippen molar-refractivity contribution in [2.24, 2.45) is 11.7 Å². The number of fused-ring (bicyclic) bond motifs is 1. The number of hydrogen-bond donors (Lipinski definition) is 3. The average molecular weight is 483 g/mol. The highest BCUT2D eigenvalue weighted by Gasteiger charge is 2.23. The molecule has 186 valence electrons. The van der Waals surface area contributed by atoms with Gasteiger partial charge in [-0.3, -0.25) is 0 Å². The van der Waals surface area contributed by atoms with Crippen LogP contribution in [0.5, 0.6) is 0 Å². The first-order valence-corrected chi connectivity index (χ1v) is 13.1. The fourth-order valence-electron chi connectivity index (χ4n) is 5.60. The van der Waals surface area contributed by atoms with Crippen LogP contribution in [-0.2, 0) is 0 Å². The minimum Gasteiger partial charge on any atom is -0.354 e. The minimum absolute atomic E-state index is 0.0292. The highest BCUT2D eigenvalue weighted by atomic mass is 15.3. The zero-order valence-electron chi connectivity index (χ0n) is 20.8. The monoisotopic (exact) mass is 482 g/mol. The number of nitrogens with one attached hydrogen (secondary N) is 2. The van der Waals surface area contributed by atoms with Crippen LogP contribution >= 0.6 is 0 Å². The van der Waals surface area contributed by atoms with Crippen LogP contribution < -0.4 is 21.3 Å². The molecular weight excluding hydrogens is 448 g/mol. The van der Waals surface area contributed by atoms with Gasteiger partial charge >= 0.3 is 0 Å². The number of nitrogens with zero attached hydrogens (tertiary/aromatic N) is 5. The maximum Gasteiger partial charge on any atom is 0.177 e. The molecule has 0 amide bonds. The SMILES string of the molecule is CC1CCCN1c1cccc(Nc2cc(-c3cccc(C(N)C4CCNCC4)c3)nn3ccnc23)n1. The van der Waals surface area contributed by atoms with Gasteiger partial charge in [0.15, 0.2) is 5.65 Å². The Labute approximate surface area is 211 Å². The molecule has 0 aliphatic carbocycles. The molecule has 0 spiro atoms. The number of anilines is 3. The summed E-state index contributed by atoms with van der Waals surface area (Å²) in [5.41, 5.74) is 11.4. The highest BCUT2D eigenvalue weighted by Crippen LogP contribution is 2.31. The molecule has 8 heteroatoms. The van der Waals surface area contributed by atoms with E-state index in [2.05, 4.69) is 69.9 Å². The number of rotatable bonds is 6. The summed E-state index contributed by atoms with van der Waals surface area (Å²) < 4.78 is 1.82. The van der Waals surface area contributed by atoms with Crippen molar-refractivity contribution in [3.8, 4) is 11.3 Å². The molecule has 36 heavy (non-hydrogen) atoms. The van der Waals surface area contributed by atoms with Crippen molar-refractivity contribution in [1.82, 2.24) is 24.9 Å².